The topological polar surface area (TPSA) is 68.5 Å². The van der Waals surface area contributed by atoms with E-state index in [-0.39, 0.29) is 0 Å². The summed E-state index contributed by atoms with van der Waals surface area (Å²) in [4.78, 5) is 14.5. The van der Waals surface area contributed by atoms with Crippen LogP contribution in [0.5, 0.6) is 0 Å². The molecule has 0 aromatic carbocycles. The molecule has 4 aromatic heterocycles. The van der Waals surface area contributed by atoms with Gasteiger partial charge in [0.1, 0.15) is 5.82 Å². The second kappa shape index (κ2) is 7.23. The molecule has 0 spiro atoms. The van der Waals surface area contributed by atoms with Crippen molar-refractivity contribution in [1.29, 1.82) is 0 Å². The van der Waals surface area contributed by atoms with Gasteiger partial charge in [0.15, 0.2) is 11.6 Å². The van der Waals surface area contributed by atoms with Gasteiger partial charge in [0.25, 0.3) is 0 Å². The molecule has 0 unspecified atom stereocenters. The van der Waals surface area contributed by atoms with E-state index < -0.39 is 0 Å². The minimum atomic E-state index is 0.701. The monoisotopic (exact) mass is 348 g/mol. The molecule has 0 aliphatic carbocycles. The number of aromatic nitrogens is 5. The highest BCUT2D eigenvalue weighted by Gasteiger charge is 2.09. The molecule has 0 aliphatic heterocycles. The van der Waals surface area contributed by atoms with Crippen LogP contribution in [0.2, 0.25) is 0 Å². The van der Waals surface area contributed by atoms with Gasteiger partial charge < -0.3 is 5.32 Å². The Balaban J connectivity index is 1.58. The Labute approximate surface area is 149 Å². The molecule has 0 bridgehead atoms. The van der Waals surface area contributed by atoms with Gasteiger partial charge in [-0.1, -0.05) is 12.1 Å². The van der Waals surface area contributed by atoms with Gasteiger partial charge in [-0.3, -0.25) is 4.98 Å². The van der Waals surface area contributed by atoms with Crippen LogP contribution in [0.1, 0.15) is 5.56 Å². The van der Waals surface area contributed by atoms with Gasteiger partial charge in [-0.25, -0.2) is 14.6 Å². The molecule has 0 saturated heterocycles. The molecule has 4 aromatic rings. The Morgan fingerprint density at radius 1 is 1.08 bits per heavy atom. The van der Waals surface area contributed by atoms with Crippen LogP contribution in [0.4, 0.5) is 5.82 Å². The van der Waals surface area contributed by atoms with Gasteiger partial charge in [0, 0.05) is 37.4 Å². The van der Waals surface area contributed by atoms with Crippen molar-refractivity contribution in [1.82, 2.24) is 24.7 Å². The first-order valence-corrected chi connectivity index (χ1v) is 8.82. The van der Waals surface area contributed by atoms with E-state index >= 15 is 0 Å². The van der Waals surface area contributed by atoms with Crippen molar-refractivity contribution in [3.63, 3.8) is 0 Å². The maximum absolute atomic E-state index is 4.65. The van der Waals surface area contributed by atoms with Gasteiger partial charge in [-0.15, -0.1) is 11.3 Å². The summed E-state index contributed by atoms with van der Waals surface area (Å²) >= 11 is 1.62. The summed E-state index contributed by atoms with van der Waals surface area (Å²) in [7, 11) is 0. The Hall–Kier alpha value is -3.06. The molecule has 7 heteroatoms. The SMILES string of the molecule is c1cncc(CCNc2cc(-n3cccn3)nc(-c3cccs3)n2)c1. The lowest BCUT2D eigenvalue weighted by molar-refractivity contribution is 0.841. The average Bonchev–Trinajstić information content (AvgIpc) is 3.36. The zero-order valence-corrected chi connectivity index (χ0v) is 14.2. The van der Waals surface area contributed by atoms with Crippen LogP contribution in [0.25, 0.3) is 16.5 Å². The Kier molecular flexibility index (Phi) is 4.47. The molecule has 0 amide bonds. The predicted molar refractivity (Wildman–Crippen MR) is 98.9 cm³/mol. The molecule has 4 heterocycles. The van der Waals surface area contributed by atoms with Crippen molar-refractivity contribution in [2.24, 2.45) is 0 Å². The quantitative estimate of drug-likeness (QED) is 0.578. The van der Waals surface area contributed by atoms with Gasteiger partial charge in [-0.2, -0.15) is 5.10 Å². The molecule has 124 valence electrons. The van der Waals surface area contributed by atoms with Crippen molar-refractivity contribution in [2.75, 3.05) is 11.9 Å². The number of nitrogens with zero attached hydrogens (tertiary/aromatic N) is 5. The highest BCUT2D eigenvalue weighted by atomic mass is 32.1. The van der Waals surface area contributed by atoms with Crippen molar-refractivity contribution in [3.05, 3.63) is 72.1 Å². The van der Waals surface area contributed by atoms with E-state index in [4.69, 9.17) is 0 Å². The zero-order chi connectivity index (χ0) is 16.9. The maximum atomic E-state index is 4.65. The first kappa shape index (κ1) is 15.5. The van der Waals surface area contributed by atoms with Crippen molar-refractivity contribution in [3.8, 4) is 16.5 Å². The van der Waals surface area contributed by atoms with E-state index in [1.54, 1.807) is 28.4 Å². The highest BCUT2D eigenvalue weighted by Crippen LogP contribution is 2.23. The van der Waals surface area contributed by atoms with Crippen LogP contribution in [0, 0.1) is 0 Å². The summed E-state index contributed by atoms with van der Waals surface area (Å²) in [5, 5.41) is 9.68. The van der Waals surface area contributed by atoms with Gasteiger partial charge in [-0.05, 0) is 35.6 Å². The van der Waals surface area contributed by atoms with E-state index in [1.165, 1.54) is 5.56 Å². The number of nitrogens with one attached hydrogen (secondary N) is 1. The number of thiophene rings is 1. The molecule has 0 aliphatic rings. The van der Waals surface area contributed by atoms with Crippen molar-refractivity contribution < 1.29 is 0 Å². The molecule has 0 saturated carbocycles. The van der Waals surface area contributed by atoms with E-state index in [1.807, 2.05) is 48.1 Å². The normalized spacial score (nSPS) is 10.7. The lowest BCUT2D eigenvalue weighted by atomic mass is 10.2. The number of rotatable bonds is 6. The molecule has 0 atom stereocenters. The molecule has 0 radical (unpaired) electrons. The fourth-order valence-corrected chi connectivity index (χ4v) is 3.10. The number of anilines is 1. The van der Waals surface area contributed by atoms with Crippen molar-refractivity contribution in [2.45, 2.75) is 6.42 Å². The zero-order valence-electron chi connectivity index (χ0n) is 13.4. The summed E-state index contributed by atoms with van der Waals surface area (Å²) in [6.45, 7) is 0.769. The standard InChI is InChI=1S/C18H16N6S/c1-4-14(13-19-7-1)6-9-20-16-12-17(24-10-3-8-21-24)23-18(22-16)15-5-2-11-25-15/h1-5,7-8,10-13H,6,9H2,(H,20,22,23). The summed E-state index contributed by atoms with van der Waals surface area (Å²) in [6, 6.07) is 11.8. The van der Waals surface area contributed by atoms with Gasteiger partial charge in [0.2, 0.25) is 0 Å². The Morgan fingerprint density at radius 2 is 2.08 bits per heavy atom. The van der Waals surface area contributed by atoms with Crippen molar-refractivity contribution >= 4 is 17.2 Å². The summed E-state index contributed by atoms with van der Waals surface area (Å²) in [5.74, 6) is 2.23. The molecule has 1 N–H and O–H groups in total. The Morgan fingerprint density at radius 3 is 2.84 bits per heavy atom. The Bertz CT molecular complexity index is 867. The van der Waals surface area contributed by atoms with Crippen LogP contribution in [0.3, 0.4) is 0 Å². The minimum absolute atomic E-state index is 0.701. The smallest absolute Gasteiger partial charge is 0.173 e. The second-order valence-electron chi connectivity index (χ2n) is 5.40. The highest BCUT2D eigenvalue weighted by molar-refractivity contribution is 7.13. The predicted octanol–water partition coefficient (Wildman–Crippen LogP) is 3.44. The first-order valence-electron chi connectivity index (χ1n) is 7.94. The largest absolute Gasteiger partial charge is 0.370 e. The molecule has 4 rings (SSSR count). The van der Waals surface area contributed by atoms with Crippen LogP contribution < -0.4 is 5.32 Å². The first-order chi connectivity index (χ1) is 12.4. The van der Waals surface area contributed by atoms with Crippen LogP contribution in [-0.2, 0) is 6.42 Å². The maximum Gasteiger partial charge on any atom is 0.173 e. The van der Waals surface area contributed by atoms with E-state index in [0.717, 1.165) is 29.5 Å². The van der Waals surface area contributed by atoms with E-state index in [9.17, 15) is 0 Å². The van der Waals surface area contributed by atoms with E-state index in [2.05, 4.69) is 31.4 Å². The van der Waals surface area contributed by atoms with Crippen LogP contribution in [0.15, 0.2) is 66.6 Å². The lowest BCUT2D eigenvalue weighted by Crippen LogP contribution is -2.09. The third-order valence-corrected chi connectivity index (χ3v) is 4.50. The number of hydrogen-bond acceptors (Lipinski definition) is 6. The minimum Gasteiger partial charge on any atom is -0.370 e. The lowest BCUT2D eigenvalue weighted by Gasteiger charge is -2.09. The fourth-order valence-electron chi connectivity index (χ4n) is 2.44. The molecule has 0 fully saturated rings. The van der Waals surface area contributed by atoms with Gasteiger partial charge >= 0.3 is 0 Å². The third-order valence-electron chi connectivity index (χ3n) is 3.64. The number of pyridine rings is 1. The van der Waals surface area contributed by atoms with Crippen LogP contribution in [-0.4, -0.2) is 31.3 Å². The summed E-state index contributed by atoms with van der Waals surface area (Å²) < 4.78 is 1.74. The molecular formula is C18H16N6S. The molecule has 25 heavy (non-hydrogen) atoms. The average molecular weight is 348 g/mol. The molecular weight excluding hydrogens is 332 g/mol. The second-order valence-corrected chi connectivity index (χ2v) is 6.35. The van der Waals surface area contributed by atoms with Gasteiger partial charge in [0.05, 0.1) is 4.88 Å². The van der Waals surface area contributed by atoms with Crippen LogP contribution >= 0.6 is 11.3 Å². The fraction of sp³-hybridized carbons (Fsp3) is 0.111. The molecule has 6 nitrogen and oxygen atoms in total. The summed E-state index contributed by atoms with van der Waals surface area (Å²) in [5.41, 5.74) is 1.19. The summed E-state index contributed by atoms with van der Waals surface area (Å²) in [6.07, 6.45) is 8.16. The third kappa shape index (κ3) is 3.72. The number of hydrogen-bond donors (Lipinski definition) is 1. The van der Waals surface area contributed by atoms with E-state index in [0.29, 0.717) is 5.82 Å².